The van der Waals surface area contributed by atoms with Crippen LogP contribution in [0.5, 0.6) is 11.5 Å². The van der Waals surface area contributed by atoms with E-state index in [9.17, 15) is 9.59 Å². The van der Waals surface area contributed by atoms with Crippen molar-refractivity contribution in [3.05, 3.63) is 58.0 Å². The van der Waals surface area contributed by atoms with Crippen molar-refractivity contribution < 1.29 is 19.1 Å². The van der Waals surface area contributed by atoms with Gasteiger partial charge in [-0.15, -0.1) is 0 Å². The maximum atomic E-state index is 12.1. The molecular formula is C19H15ClN2O4S2. The quantitative estimate of drug-likeness (QED) is 0.531. The summed E-state index contributed by atoms with van der Waals surface area (Å²) in [5, 5.41) is 5.86. The number of benzene rings is 2. The van der Waals surface area contributed by atoms with Gasteiger partial charge in [0.15, 0.2) is 18.1 Å². The molecule has 0 atom stereocenters. The predicted molar refractivity (Wildman–Crippen MR) is 115 cm³/mol. The Bertz CT molecular complexity index is 961. The van der Waals surface area contributed by atoms with Gasteiger partial charge in [-0.1, -0.05) is 41.6 Å². The number of anilines is 1. The molecule has 0 saturated carbocycles. The molecule has 2 aromatic rings. The van der Waals surface area contributed by atoms with Gasteiger partial charge in [0, 0.05) is 10.7 Å². The number of methoxy groups -OCH3 is 1. The van der Waals surface area contributed by atoms with Crippen molar-refractivity contribution in [2.75, 3.05) is 19.0 Å². The molecule has 1 aliphatic rings. The lowest BCUT2D eigenvalue weighted by Crippen LogP contribution is -2.20. The molecule has 1 aliphatic heterocycles. The van der Waals surface area contributed by atoms with E-state index in [1.165, 1.54) is 18.9 Å². The summed E-state index contributed by atoms with van der Waals surface area (Å²) in [4.78, 5) is 24.3. The van der Waals surface area contributed by atoms with E-state index in [2.05, 4.69) is 10.6 Å². The molecule has 1 saturated heterocycles. The van der Waals surface area contributed by atoms with Crippen LogP contribution in [0.25, 0.3) is 6.08 Å². The monoisotopic (exact) mass is 434 g/mol. The number of hydrogen-bond donors (Lipinski definition) is 2. The Hall–Kier alpha value is -2.55. The third kappa shape index (κ3) is 5.25. The molecule has 0 unspecified atom stereocenters. The summed E-state index contributed by atoms with van der Waals surface area (Å²) >= 11 is 12.0. The van der Waals surface area contributed by atoms with E-state index < -0.39 is 0 Å². The van der Waals surface area contributed by atoms with Gasteiger partial charge in [-0.2, -0.15) is 0 Å². The molecule has 6 nitrogen and oxygen atoms in total. The minimum Gasteiger partial charge on any atom is -0.493 e. The lowest BCUT2D eigenvalue weighted by molar-refractivity contribution is -0.118. The van der Waals surface area contributed by atoms with Crippen molar-refractivity contribution >= 4 is 63.5 Å². The van der Waals surface area contributed by atoms with E-state index in [1.54, 1.807) is 48.5 Å². The summed E-state index contributed by atoms with van der Waals surface area (Å²) in [6.45, 7) is -0.189. The molecule has 0 aliphatic carbocycles. The van der Waals surface area contributed by atoms with Crippen LogP contribution in [0.2, 0.25) is 5.02 Å². The van der Waals surface area contributed by atoms with Crippen LogP contribution in [-0.4, -0.2) is 29.9 Å². The Kier molecular flexibility index (Phi) is 6.56. The minimum atomic E-state index is -0.317. The Labute approximate surface area is 176 Å². The molecule has 2 aromatic carbocycles. The average Bonchev–Trinajstić information content (AvgIpc) is 2.99. The van der Waals surface area contributed by atoms with Gasteiger partial charge in [0.25, 0.3) is 11.8 Å². The topological polar surface area (TPSA) is 76.7 Å². The number of rotatable bonds is 6. The normalized spacial score (nSPS) is 14.7. The van der Waals surface area contributed by atoms with Crippen molar-refractivity contribution in [1.82, 2.24) is 5.32 Å². The number of carbonyl (C=O) groups is 2. The maximum absolute atomic E-state index is 12.1. The number of ether oxygens (including phenoxy) is 2. The summed E-state index contributed by atoms with van der Waals surface area (Å²) in [6, 6.07) is 11.9. The zero-order valence-electron chi connectivity index (χ0n) is 14.7. The lowest BCUT2D eigenvalue weighted by atomic mass is 10.2. The molecule has 0 radical (unpaired) electrons. The predicted octanol–water partition coefficient (Wildman–Crippen LogP) is 3.85. The highest BCUT2D eigenvalue weighted by Crippen LogP contribution is 2.31. The zero-order chi connectivity index (χ0) is 20.1. The van der Waals surface area contributed by atoms with Crippen LogP contribution in [-0.2, 0) is 9.59 Å². The fourth-order valence-corrected chi connectivity index (χ4v) is 3.51. The number of hydrogen-bond acceptors (Lipinski definition) is 6. The third-order valence-corrected chi connectivity index (χ3v) is 5.03. The molecule has 3 rings (SSSR count). The first-order chi connectivity index (χ1) is 13.4. The summed E-state index contributed by atoms with van der Waals surface area (Å²) in [6.07, 6.45) is 1.71. The third-order valence-electron chi connectivity index (χ3n) is 3.61. The SMILES string of the molecule is COc1cc(/C=C2\SC(=S)NC2=O)ccc1OCC(=O)Nc1ccc(Cl)cc1. The van der Waals surface area contributed by atoms with Crippen LogP contribution in [0.15, 0.2) is 47.4 Å². The first kappa shape index (κ1) is 20.2. The van der Waals surface area contributed by atoms with E-state index in [4.69, 9.17) is 33.3 Å². The van der Waals surface area contributed by atoms with Gasteiger partial charge in [0.1, 0.15) is 4.32 Å². The highest BCUT2D eigenvalue weighted by molar-refractivity contribution is 8.26. The minimum absolute atomic E-state index is 0.189. The second-order valence-electron chi connectivity index (χ2n) is 5.61. The molecule has 144 valence electrons. The second-order valence-corrected chi connectivity index (χ2v) is 7.76. The highest BCUT2D eigenvalue weighted by atomic mass is 35.5. The van der Waals surface area contributed by atoms with E-state index in [0.29, 0.717) is 31.4 Å². The Morgan fingerprint density at radius 2 is 2.00 bits per heavy atom. The van der Waals surface area contributed by atoms with Crippen LogP contribution in [0.1, 0.15) is 5.56 Å². The largest absolute Gasteiger partial charge is 0.493 e. The van der Waals surface area contributed by atoms with Crippen LogP contribution in [0.3, 0.4) is 0 Å². The molecule has 9 heteroatoms. The van der Waals surface area contributed by atoms with Crippen molar-refractivity contribution in [2.24, 2.45) is 0 Å². The molecular weight excluding hydrogens is 420 g/mol. The summed E-state index contributed by atoms with van der Waals surface area (Å²) in [5.41, 5.74) is 1.37. The van der Waals surface area contributed by atoms with Gasteiger partial charge in [-0.3, -0.25) is 9.59 Å². The van der Waals surface area contributed by atoms with Gasteiger partial charge < -0.3 is 20.1 Å². The number of amides is 2. The van der Waals surface area contributed by atoms with Crippen molar-refractivity contribution in [3.8, 4) is 11.5 Å². The molecule has 0 spiro atoms. The van der Waals surface area contributed by atoms with E-state index >= 15 is 0 Å². The first-order valence-corrected chi connectivity index (χ1v) is 9.66. The van der Waals surface area contributed by atoms with E-state index in [1.807, 2.05) is 0 Å². The zero-order valence-corrected chi connectivity index (χ0v) is 17.0. The van der Waals surface area contributed by atoms with Crippen LogP contribution < -0.4 is 20.1 Å². The van der Waals surface area contributed by atoms with Gasteiger partial charge in [0.05, 0.1) is 12.0 Å². The van der Waals surface area contributed by atoms with E-state index in [0.717, 1.165) is 5.56 Å². The average molecular weight is 435 g/mol. The number of nitrogens with one attached hydrogen (secondary N) is 2. The van der Waals surface area contributed by atoms with Crippen molar-refractivity contribution in [2.45, 2.75) is 0 Å². The molecule has 1 heterocycles. The highest BCUT2D eigenvalue weighted by Gasteiger charge is 2.22. The van der Waals surface area contributed by atoms with E-state index in [-0.39, 0.29) is 18.4 Å². The maximum Gasteiger partial charge on any atom is 0.263 e. The van der Waals surface area contributed by atoms with Gasteiger partial charge in [-0.25, -0.2) is 0 Å². The Morgan fingerprint density at radius 3 is 2.64 bits per heavy atom. The van der Waals surface area contributed by atoms with Gasteiger partial charge >= 0.3 is 0 Å². The molecule has 28 heavy (non-hydrogen) atoms. The summed E-state index contributed by atoms with van der Waals surface area (Å²) < 4.78 is 11.3. The van der Waals surface area contributed by atoms with Gasteiger partial charge in [0.2, 0.25) is 0 Å². The lowest BCUT2D eigenvalue weighted by Gasteiger charge is -2.11. The first-order valence-electron chi connectivity index (χ1n) is 8.06. The molecule has 2 N–H and O–H groups in total. The Balaban J connectivity index is 1.64. The number of carbonyl (C=O) groups excluding carboxylic acids is 2. The van der Waals surface area contributed by atoms with Crippen LogP contribution in [0.4, 0.5) is 5.69 Å². The Morgan fingerprint density at radius 1 is 1.25 bits per heavy atom. The number of thioether (sulfide) groups is 1. The fraction of sp³-hybridized carbons (Fsp3) is 0.105. The molecule has 0 bridgehead atoms. The standard InChI is InChI=1S/C19H15ClN2O4S2/c1-25-15-8-11(9-16-18(24)22-19(27)28-16)2-7-14(15)26-10-17(23)21-13-5-3-12(20)4-6-13/h2-9H,10H2,1H3,(H,21,23)(H,22,24,27)/b16-9-. The second kappa shape index (κ2) is 9.09. The molecule has 1 fully saturated rings. The van der Waals surface area contributed by atoms with Crippen LogP contribution >= 0.6 is 35.6 Å². The smallest absolute Gasteiger partial charge is 0.263 e. The fourth-order valence-electron chi connectivity index (χ4n) is 2.34. The summed E-state index contributed by atoms with van der Waals surface area (Å²) in [7, 11) is 1.50. The van der Waals surface area contributed by atoms with Crippen molar-refractivity contribution in [3.63, 3.8) is 0 Å². The van der Waals surface area contributed by atoms with Crippen molar-refractivity contribution in [1.29, 1.82) is 0 Å². The summed E-state index contributed by atoms with van der Waals surface area (Å²) in [5.74, 6) is 0.311. The molecule has 2 amide bonds. The molecule has 0 aromatic heterocycles. The van der Waals surface area contributed by atoms with Gasteiger partial charge in [-0.05, 0) is 48.0 Å². The van der Waals surface area contributed by atoms with Crippen LogP contribution in [0, 0.1) is 0 Å². The number of halogens is 1. The number of thiocarbonyl (C=S) groups is 1.